The van der Waals surface area contributed by atoms with Crippen LogP contribution in [0, 0.1) is 0 Å². The van der Waals surface area contributed by atoms with E-state index >= 15 is 0 Å². The average molecular weight is 892 g/mol. The Labute approximate surface area is 374 Å². The topological polar surface area (TPSA) is 228 Å². The maximum atomic E-state index is 13.1. The molecular weight excluding hydrogens is 799 g/mol. The van der Waals surface area contributed by atoms with Gasteiger partial charge in [-0.25, -0.2) is 0 Å². The standard InChI is InChI=1S/C48H93NO13/c1-3-5-7-9-11-13-15-16-17-18-19-20-21-22-23-25-27-29-31-37(52)36(49-40(53)32-30-28-26-24-14-12-10-8-6-4-2)35-59-47-45(58)43(56)46(39(34-51)61-47)62-48-44(57)42(55)41(54)38(33-50)60-48/h36-39,41-48,50-52,54-58H,3-35H2,1-2H3,(H,49,53). The molecule has 62 heavy (non-hydrogen) atoms. The molecule has 14 nitrogen and oxygen atoms in total. The molecule has 0 saturated carbocycles. The van der Waals surface area contributed by atoms with Crippen molar-refractivity contribution in [3.05, 3.63) is 0 Å². The fraction of sp³-hybridized carbons (Fsp3) is 0.979. The molecule has 2 heterocycles. The van der Waals surface area contributed by atoms with Gasteiger partial charge in [0.1, 0.15) is 48.8 Å². The lowest BCUT2D eigenvalue weighted by Crippen LogP contribution is -2.65. The molecule has 2 aliphatic heterocycles. The first-order valence-corrected chi connectivity index (χ1v) is 25.3. The van der Waals surface area contributed by atoms with Gasteiger partial charge < -0.3 is 65.1 Å². The van der Waals surface area contributed by atoms with Crippen LogP contribution in [-0.2, 0) is 23.7 Å². The van der Waals surface area contributed by atoms with Crippen molar-refractivity contribution in [2.24, 2.45) is 0 Å². The minimum absolute atomic E-state index is 0.207. The van der Waals surface area contributed by atoms with E-state index in [1.165, 1.54) is 128 Å². The zero-order valence-corrected chi connectivity index (χ0v) is 38.9. The Bertz CT molecular complexity index is 1060. The van der Waals surface area contributed by atoms with Gasteiger partial charge in [-0.3, -0.25) is 4.79 Å². The van der Waals surface area contributed by atoms with Gasteiger partial charge in [0.2, 0.25) is 5.91 Å². The lowest BCUT2D eigenvalue weighted by Gasteiger charge is -2.46. The summed E-state index contributed by atoms with van der Waals surface area (Å²) in [5.74, 6) is -0.207. The summed E-state index contributed by atoms with van der Waals surface area (Å²) in [6.45, 7) is 2.84. The fourth-order valence-electron chi connectivity index (χ4n) is 8.65. The maximum Gasteiger partial charge on any atom is 0.220 e. The number of unbranched alkanes of at least 4 members (excludes halogenated alkanes) is 26. The summed E-state index contributed by atoms with van der Waals surface area (Å²) in [4.78, 5) is 13.1. The summed E-state index contributed by atoms with van der Waals surface area (Å²) < 4.78 is 22.7. The van der Waals surface area contributed by atoms with E-state index in [0.29, 0.717) is 12.8 Å². The minimum Gasteiger partial charge on any atom is -0.394 e. The SMILES string of the molecule is CCCCCCCCCCCCCCCCCCCCC(O)C(COC1OC(CO)C(OC2OC(CO)C(O)C(O)C2O)C(O)C1O)NC(=O)CCCCCCCCCCCC. The van der Waals surface area contributed by atoms with Gasteiger partial charge in [0.25, 0.3) is 0 Å². The molecule has 2 aliphatic rings. The van der Waals surface area contributed by atoms with Gasteiger partial charge in [-0.1, -0.05) is 187 Å². The molecule has 0 aromatic carbocycles. The zero-order chi connectivity index (χ0) is 45.4. The lowest BCUT2D eigenvalue weighted by atomic mass is 9.97. The summed E-state index contributed by atoms with van der Waals surface area (Å²) >= 11 is 0. The molecule has 2 fully saturated rings. The van der Waals surface area contributed by atoms with Gasteiger partial charge >= 0.3 is 0 Å². The predicted octanol–water partition coefficient (Wildman–Crippen LogP) is 6.22. The number of hydrogen-bond acceptors (Lipinski definition) is 13. The number of nitrogens with one attached hydrogen (secondary N) is 1. The van der Waals surface area contributed by atoms with E-state index in [1.54, 1.807) is 0 Å². The number of aliphatic hydroxyl groups is 8. The normalized spacial score (nSPS) is 27.6. The molecule has 14 heteroatoms. The number of carbonyl (C=O) groups excluding carboxylic acids is 1. The molecule has 0 aliphatic carbocycles. The van der Waals surface area contributed by atoms with Crippen LogP contribution in [0.5, 0.6) is 0 Å². The third-order valence-electron chi connectivity index (χ3n) is 12.8. The number of aliphatic hydroxyl groups excluding tert-OH is 8. The van der Waals surface area contributed by atoms with Crippen LogP contribution in [0.3, 0.4) is 0 Å². The molecule has 12 atom stereocenters. The van der Waals surface area contributed by atoms with Crippen LogP contribution >= 0.6 is 0 Å². The lowest BCUT2D eigenvalue weighted by molar-refractivity contribution is -0.359. The largest absolute Gasteiger partial charge is 0.394 e. The van der Waals surface area contributed by atoms with Crippen molar-refractivity contribution in [2.75, 3.05) is 19.8 Å². The van der Waals surface area contributed by atoms with Crippen LogP contribution in [-0.4, -0.2) is 140 Å². The molecule has 12 unspecified atom stereocenters. The molecule has 0 bridgehead atoms. The van der Waals surface area contributed by atoms with Crippen molar-refractivity contribution >= 4 is 5.91 Å². The quantitative estimate of drug-likeness (QED) is 0.0313. The van der Waals surface area contributed by atoms with Crippen LogP contribution in [0.25, 0.3) is 0 Å². The summed E-state index contributed by atoms with van der Waals surface area (Å²) in [6, 6.07) is -0.819. The molecule has 368 valence electrons. The second-order valence-corrected chi connectivity index (χ2v) is 18.3. The molecule has 2 saturated heterocycles. The first-order chi connectivity index (χ1) is 30.1. The van der Waals surface area contributed by atoms with Crippen molar-refractivity contribution in [3.8, 4) is 0 Å². The Morgan fingerprint density at radius 1 is 0.516 bits per heavy atom. The summed E-state index contributed by atoms with van der Waals surface area (Å²) in [5, 5.41) is 86.8. The van der Waals surface area contributed by atoms with Gasteiger partial charge in [0.05, 0.1) is 32.0 Å². The Hall–Kier alpha value is -1.01. The highest BCUT2D eigenvalue weighted by atomic mass is 16.7. The van der Waals surface area contributed by atoms with E-state index < -0.39 is 86.8 Å². The molecule has 2 rings (SSSR count). The van der Waals surface area contributed by atoms with Crippen LogP contribution in [0.15, 0.2) is 0 Å². The van der Waals surface area contributed by atoms with E-state index in [-0.39, 0.29) is 12.5 Å². The van der Waals surface area contributed by atoms with Crippen LogP contribution in [0.2, 0.25) is 0 Å². The van der Waals surface area contributed by atoms with Crippen molar-refractivity contribution in [2.45, 2.75) is 280 Å². The second-order valence-electron chi connectivity index (χ2n) is 18.3. The highest BCUT2D eigenvalue weighted by Gasteiger charge is 2.51. The predicted molar refractivity (Wildman–Crippen MR) is 240 cm³/mol. The van der Waals surface area contributed by atoms with Crippen molar-refractivity contribution < 1.29 is 64.6 Å². The van der Waals surface area contributed by atoms with Gasteiger partial charge in [-0.2, -0.15) is 0 Å². The van der Waals surface area contributed by atoms with Crippen molar-refractivity contribution in [1.29, 1.82) is 0 Å². The van der Waals surface area contributed by atoms with E-state index in [4.69, 9.17) is 18.9 Å². The minimum atomic E-state index is -1.78. The molecule has 0 aromatic heterocycles. The van der Waals surface area contributed by atoms with Gasteiger partial charge in [-0.05, 0) is 12.8 Å². The highest BCUT2D eigenvalue weighted by molar-refractivity contribution is 5.76. The Kier molecular flexibility index (Phi) is 33.3. The Morgan fingerprint density at radius 2 is 0.919 bits per heavy atom. The molecular formula is C48H93NO13. The molecule has 9 N–H and O–H groups in total. The van der Waals surface area contributed by atoms with Crippen LogP contribution in [0.1, 0.15) is 206 Å². The van der Waals surface area contributed by atoms with Gasteiger partial charge in [0.15, 0.2) is 12.6 Å². The Balaban J connectivity index is 1.81. The fourth-order valence-corrected chi connectivity index (χ4v) is 8.65. The number of rotatable bonds is 39. The van der Waals surface area contributed by atoms with E-state index in [1.807, 2.05) is 0 Å². The molecule has 0 radical (unpaired) electrons. The van der Waals surface area contributed by atoms with Gasteiger partial charge in [-0.15, -0.1) is 0 Å². The summed E-state index contributed by atoms with van der Waals surface area (Å²) in [6.07, 6.45) is 18.3. The van der Waals surface area contributed by atoms with Crippen molar-refractivity contribution in [3.63, 3.8) is 0 Å². The first-order valence-electron chi connectivity index (χ1n) is 25.3. The van der Waals surface area contributed by atoms with E-state index in [9.17, 15) is 45.6 Å². The smallest absolute Gasteiger partial charge is 0.220 e. The summed E-state index contributed by atoms with van der Waals surface area (Å²) in [7, 11) is 0. The second kappa shape index (κ2) is 36.2. The number of carbonyl (C=O) groups is 1. The van der Waals surface area contributed by atoms with E-state index in [2.05, 4.69) is 19.2 Å². The number of hydrogen-bond donors (Lipinski definition) is 9. The Morgan fingerprint density at radius 3 is 1.37 bits per heavy atom. The van der Waals surface area contributed by atoms with Crippen molar-refractivity contribution in [1.82, 2.24) is 5.32 Å². The van der Waals surface area contributed by atoms with Gasteiger partial charge in [0, 0.05) is 6.42 Å². The van der Waals surface area contributed by atoms with Crippen LogP contribution in [0.4, 0.5) is 0 Å². The molecule has 0 spiro atoms. The molecule has 1 amide bonds. The van der Waals surface area contributed by atoms with Crippen LogP contribution < -0.4 is 5.32 Å². The number of ether oxygens (including phenoxy) is 4. The maximum absolute atomic E-state index is 13.1. The average Bonchev–Trinajstić information content (AvgIpc) is 3.27. The number of amides is 1. The third kappa shape index (κ3) is 23.4. The molecule has 0 aromatic rings. The first kappa shape index (κ1) is 57.1. The zero-order valence-electron chi connectivity index (χ0n) is 38.9. The van der Waals surface area contributed by atoms with E-state index in [0.717, 1.165) is 51.4 Å². The third-order valence-corrected chi connectivity index (χ3v) is 12.8. The monoisotopic (exact) mass is 892 g/mol. The highest BCUT2D eigenvalue weighted by Crippen LogP contribution is 2.30. The summed E-state index contributed by atoms with van der Waals surface area (Å²) in [5.41, 5.74) is 0.